The molecule has 0 spiro atoms. The number of nitro groups is 1. The number of hydrogen-bond donors (Lipinski definition) is 0. The average molecular weight is 472 g/mol. The molecule has 168 valence electrons. The van der Waals surface area contributed by atoms with Crippen LogP contribution in [0.15, 0.2) is 36.5 Å². The van der Waals surface area contributed by atoms with E-state index >= 15 is 0 Å². The van der Waals surface area contributed by atoms with Crippen LogP contribution in [0.5, 0.6) is 5.88 Å². The largest absolute Gasteiger partial charge is 0.467 e. The fourth-order valence-electron chi connectivity index (χ4n) is 2.43. The number of alkyl halides is 6. The SMILES string of the molecule is O=C(c1cnc(OCC(F)(F)F)c(Cl)c1)N(Cc1ccccc1[N+](=O)[O-])CC(F)(F)F. The Balaban J connectivity index is 2.32. The van der Waals surface area contributed by atoms with Crippen molar-refractivity contribution in [1.82, 2.24) is 9.88 Å². The molecule has 0 saturated carbocycles. The normalized spacial score (nSPS) is 11.8. The second kappa shape index (κ2) is 9.37. The van der Waals surface area contributed by atoms with E-state index in [1.54, 1.807) is 0 Å². The zero-order chi connectivity index (χ0) is 23.4. The van der Waals surface area contributed by atoms with Gasteiger partial charge in [0.1, 0.15) is 11.6 Å². The maximum atomic E-state index is 13.0. The van der Waals surface area contributed by atoms with E-state index in [4.69, 9.17) is 11.6 Å². The Morgan fingerprint density at radius 3 is 2.35 bits per heavy atom. The van der Waals surface area contributed by atoms with E-state index < -0.39 is 65.0 Å². The van der Waals surface area contributed by atoms with Crippen LogP contribution in [0.2, 0.25) is 5.02 Å². The number of aromatic nitrogens is 1. The molecule has 0 unspecified atom stereocenters. The number of halogens is 7. The maximum Gasteiger partial charge on any atom is 0.422 e. The molecule has 0 atom stereocenters. The Labute approximate surface area is 175 Å². The van der Waals surface area contributed by atoms with Crippen LogP contribution in [0.3, 0.4) is 0 Å². The van der Waals surface area contributed by atoms with Crippen molar-refractivity contribution in [3.63, 3.8) is 0 Å². The van der Waals surface area contributed by atoms with Gasteiger partial charge in [0.2, 0.25) is 5.88 Å². The maximum absolute atomic E-state index is 13.0. The van der Waals surface area contributed by atoms with E-state index in [2.05, 4.69) is 9.72 Å². The number of nitrogens with zero attached hydrogens (tertiary/aromatic N) is 3. The van der Waals surface area contributed by atoms with Crippen LogP contribution in [0.1, 0.15) is 15.9 Å². The van der Waals surface area contributed by atoms with Crippen LogP contribution in [-0.2, 0) is 6.54 Å². The van der Waals surface area contributed by atoms with Crippen molar-refractivity contribution >= 4 is 23.2 Å². The summed E-state index contributed by atoms with van der Waals surface area (Å²) in [6, 6.07) is 5.71. The summed E-state index contributed by atoms with van der Waals surface area (Å²) >= 11 is 5.73. The lowest BCUT2D eigenvalue weighted by molar-refractivity contribution is -0.385. The number of carbonyl (C=O) groups is 1. The Hall–Kier alpha value is -3.09. The zero-order valence-electron chi connectivity index (χ0n) is 15.2. The number of pyridine rings is 1. The van der Waals surface area contributed by atoms with E-state index in [0.29, 0.717) is 6.20 Å². The van der Waals surface area contributed by atoms with Gasteiger partial charge in [-0.05, 0) is 6.07 Å². The van der Waals surface area contributed by atoms with Crippen molar-refractivity contribution in [2.75, 3.05) is 13.2 Å². The summed E-state index contributed by atoms with van der Waals surface area (Å²) in [5.74, 6) is -1.91. The number of ether oxygens (including phenoxy) is 1. The molecule has 1 aromatic heterocycles. The van der Waals surface area contributed by atoms with Crippen molar-refractivity contribution < 1.29 is 40.8 Å². The van der Waals surface area contributed by atoms with Gasteiger partial charge in [0.05, 0.1) is 17.0 Å². The van der Waals surface area contributed by atoms with E-state index in [1.165, 1.54) is 18.2 Å². The first kappa shape index (κ1) is 24.2. The molecular weight excluding hydrogens is 460 g/mol. The smallest absolute Gasteiger partial charge is 0.422 e. The molecule has 0 N–H and O–H groups in total. The van der Waals surface area contributed by atoms with Crippen LogP contribution in [0.25, 0.3) is 0 Å². The van der Waals surface area contributed by atoms with E-state index in [1.807, 2.05) is 0 Å². The average Bonchev–Trinajstić information content (AvgIpc) is 2.64. The van der Waals surface area contributed by atoms with Gasteiger partial charge in [-0.1, -0.05) is 29.8 Å². The second-order valence-corrected chi connectivity index (χ2v) is 6.48. The molecule has 0 saturated heterocycles. The van der Waals surface area contributed by atoms with Crippen molar-refractivity contribution in [3.05, 3.63) is 62.8 Å². The molecule has 2 aromatic rings. The topological polar surface area (TPSA) is 85.6 Å². The van der Waals surface area contributed by atoms with Gasteiger partial charge in [-0.25, -0.2) is 4.98 Å². The molecule has 0 aliphatic rings. The molecule has 0 bridgehead atoms. The monoisotopic (exact) mass is 471 g/mol. The highest BCUT2D eigenvalue weighted by atomic mass is 35.5. The molecule has 1 amide bonds. The molecule has 7 nitrogen and oxygen atoms in total. The molecule has 0 radical (unpaired) electrons. The standard InChI is InChI=1S/C17H12ClF6N3O4/c18-12-5-11(6-25-14(12)31-9-17(22,23)24)15(28)26(8-16(19,20)21)7-10-3-1-2-4-13(10)27(29)30/h1-6H,7-9H2. The van der Waals surface area contributed by atoms with Gasteiger partial charge in [-0.15, -0.1) is 0 Å². The molecule has 2 rings (SSSR count). The van der Waals surface area contributed by atoms with Gasteiger partial charge >= 0.3 is 12.4 Å². The van der Waals surface area contributed by atoms with Crippen molar-refractivity contribution in [2.24, 2.45) is 0 Å². The lowest BCUT2D eigenvalue weighted by Crippen LogP contribution is -2.38. The van der Waals surface area contributed by atoms with Gasteiger partial charge in [0, 0.05) is 17.8 Å². The highest BCUT2D eigenvalue weighted by Crippen LogP contribution is 2.28. The minimum Gasteiger partial charge on any atom is -0.467 e. The van der Waals surface area contributed by atoms with E-state index in [-0.39, 0.29) is 10.5 Å². The van der Waals surface area contributed by atoms with E-state index in [9.17, 15) is 41.3 Å². The van der Waals surface area contributed by atoms with E-state index in [0.717, 1.165) is 12.1 Å². The highest BCUT2D eigenvalue weighted by Gasteiger charge is 2.35. The molecule has 0 aliphatic heterocycles. The molecular formula is C17H12ClF6N3O4. The molecule has 14 heteroatoms. The highest BCUT2D eigenvalue weighted by molar-refractivity contribution is 6.32. The van der Waals surface area contributed by atoms with Crippen molar-refractivity contribution in [1.29, 1.82) is 0 Å². The summed E-state index contributed by atoms with van der Waals surface area (Å²) in [4.78, 5) is 26.6. The van der Waals surface area contributed by atoms with Crippen LogP contribution >= 0.6 is 11.6 Å². The zero-order valence-corrected chi connectivity index (χ0v) is 16.0. The Kier molecular flexibility index (Phi) is 7.31. The summed E-state index contributed by atoms with van der Waals surface area (Å²) in [6.45, 7) is -4.23. The van der Waals surface area contributed by atoms with Crippen molar-refractivity contribution in [2.45, 2.75) is 18.9 Å². The third-order valence-corrected chi connectivity index (χ3v) is 3.90. The Morgan fingerprint density at radius 1 is 1.16 bits per heavy atom. The fourth-order valence-corrected chi connectivity index (χ4v) is 2.65. The molecule has 31 heavy (non-hydrogen) atoms. The molecule has 0 fully saturated rings. The van der Waals surface area contributed by atoms with Crippen LogP contribution in [0.4, 0.5) is 32.0 Å². The summed E-state index contributed by atoms with van der Waals surface area (Å²) in [7, 11) is 0. The fraction of sp³-hybridized carbons (Fsp3) is 0.294. The lowest BCUT2D eigenvalue weighted by Gasteiger charge is -2.24. The summed E-state index contributed by atoms with van der Waals surface area (Å²) in [5, 5.41) is 10.6. The minimum absolute atomic E-state index is 0.158. The summed E-state index contributed by atoms with van der Waals surface area (Å²) in [5.41, 5.74) is -1.13. The first-order valence-electron chi connectivity index (χ1n) is 8.20. The second-order valence-electron chi connectivity index (χ2n) is 6.08. The van der Waals surface area contributed by atoms with Gasteiger partial charge in [0.25, 0.3) is 11.6 Å². The van der Waals surface area contributed by atoms with Crippen LogP contribution in [0, 0.1) is 10.1 Å². The number of carbonyl (C=O) groups excluding carboxylic acids is 1. The number of benzene rings is 1. The first-order chi connectivity index (χ1) is 14.3. The quantitative estimate of drug-likeness (QED) is 0.329. The molecule has 1 heterocycles. The minimum atomic E-state index is -4.84. The number of hydrogen-bond acceptors (Lipinski definition) is 5. The number of nitro benzene ring substituents is 1. The predicted octanol–water partition coefficient (Wildman–Crippen LogP) is 4.79. The summed E-state index contributed by atoms with van der Waals surface area (Å²) < 4.78 is 80.1. The number of para-hydroxylation sites is 1. The van der Waals surface area contributed by atoms with Gasteiger partial charge < -0.3 is 9.64 Å². The van der Waals surface area contributed by atoms with Crippen LogP contribution in [-0.4, -0.2) is 46.2 Å². The Bertz CT molecular complexity index is 968. The molecule has 1 aromatic carbocycles. The lowest BCUT2D eigenvalue weighted by atomic mass is 10.1. The van der Waals surface area contributed by atoms with Crippen LogP contribution < -0.4 is 4.74 Å². The van der Waals surface area contributed by atoms with Crippen molar-refractivity contribution in [3.8, 4) is 5.88 Å². The van der Waals surface area contributed by atoms with Gasteiger partial charge in [0.15, 0.2) is 6.61 Å². The number of amides is 1. The van der Waals surface area contributed by atoms with Gasteiger partial charge in [-0.3, -0.25) is 14.9 Å². The Morgan fingerprint density at radius 2 is 1.81 bits per heavy atom. The summed E-state index contributed by atoms with van der Waals surface area (Å²) in [6.07, 6.45) is -8.83. The third kappa shape index (κ3) is 7.27. The first-order valence-corrected chi connectivity index (χ1v) is 8.58. The third-order valence-electron chi connectivity index (χ3n) is 3.63. The predicted molar refractivity (Wildman–Crippen MR) is 94.7 cm³/mol. The van der Waals surface area contributed by atoms with Gasteiger partial charge in [-0.2, -0.15) is 26.3 Å². The molecule has 0 aliphatic carbocycles. The number of rotatable bonds is 7.